The van der Waals surface area contributed by atoms with Gasteiger partial charge in [0.05, 0.1) is 6.07 Å². The van der Waals surface area contributed by atoms with Crippen molar-refractivity contribution in [3.8, 4) is 6.07 Å². The first kappa shape index (κ1) is 13.4. The molecule has 82 valence electrons. The molecular weight excluding hydrogens is 176 g/mol. The van der Waals surface area contributed by atoms with Crippen LogP contribution in [0.2, 0.25) is 0 Å². The molecule has 0 saturated carbocycles. The van der Waals surface area contributed by atoms with Gasteiger partial charge in [0.15, 0.2) is 0 Å². The summed E-state index contributed by atoms with van der Waals surface area (Å²) < 4.78 is 5.36. The summed E-state index contributed by atoms with van der Waals surface area (Å²) in [5.74, 6) is 0. The van der Waals surface area contributed by atoms with Crippen molar-refractivity contribution in [3.63, 3.8) is 0 Å². The number of nitrogens with one attached hydrogen (secondary N) is 1. The summed E-state index contributed by atoms with van der Waals surface area (Å²) in [5, 5.41) is 12.1. The largest absolute Gasteiger partial charge is 0.381 e. The zero-order valence-electron chi connectivity index (χ0n) is 9.60. The molecule has 1 N–H and O–H groups in total. The fraction of sp³-hybridized carbons (Fsp3) is 0.909. The van der Waals surface area contributed by atoms with Crippen LogP contribution >= 0.6 is 0 Å². The third kappa shape index (κ3) is 5.95. The number of ether oxygens (including phenoxy) is 1. The zero-order valence-corrected chi connectivity index (χ0v) is 9.60. The highest BCUT2D eigenvalue weighted by Gasteiger charge is 2.20. The van der Waals surface area contributed by atoms with Gasteiger partial charge in [0, 0.05) is 13.2 Å². The van der Waals surface area contributed by atoms with Gasteiger partial charge in [-0.1, -0.05) is 13.8 Å². The summed E-state index contributed by atoms with van der Waals surface area (Å²) in [5.41, 5.74) is -0.385. The van der Waals surface area contributed by atoms with Gasteiger partial charge in [0.25, 0.3) is 0 Å². The minimum absolute atomic E-state index is 0.385. The Morgan fingerprint density at radius 3 is 2.57 bits per heavy atom. The molecule has 0 aliphatic heterocycles. The second-order valence-corrected chi connectivity index (χ2v) is 3.69. The second kappa shape index (κ2) is 7.78. The van der Waals surface area contributed by atoms with Gasteiger partial charge in [-0.25, -0.2) is 0 Å². The van der Waals surface area contributed by atoms with E-state index < -0.39 is 0 Å². The van der Waals surface area contributed by atoms with Crippen LogP contribution in [0.1, 0.15) is 40.0 Å². The van der Waals surface area contributed by atoms with Gasteiger partial charge in [0.2, 0.25) is 0 Å². The summed E-state index contributed by atoms with van der Waals surface area (Å²) in [6.07, 6.45) is 2.85. The Balaban J connectivity index is 3.58. The Bertz CT molecular complexity index is 177. The van der Waals surface area contributed by atoms with Crippen molar-refractivity contribution in [1.29, 1.82) is 5.26 Å². The van der Waals surface area contributed by atoms with Crippen LogP contribution in [0.5, 0.6) is 0 Å². The van der Waals surface area contributed by atoms with E-state index in [9.17, 15) is 0 Å². The average molecular weight is 198 g/mol. The second-order valence-electron chi connectivity index (χ2n) is 3.69. The fourth-order valence-electron chi connectivity index (χ4n) is 1.35. The highest BCUT2D eigenvalue weighted by molar-refractivity contribution is 5.03. The van der Waals surface area contributed by atoms with Crippen LogP contribution < -0.4 is 5.32 Å². The summed E-state index contributed by atoms with van der Waals surface area (Å²) in [7, 11) is 0. The molecular formula is C11H22N2O. The van der Waals surface area contributed by atoms with Crippen LogP contribution in [-0.2, 0) is 4.74 Å². The lowest BCUT2D eigenvalue weighted by molar-refractivity contribution is 0.127. The highest BCUT2D eigenvalue weighted by Crippen LogP contribution is 2.10. The maximum atomic E-state index is 8.97. The molecule has 14 heavy (non-hydrogen) atoms. The van der Waals surface area contributed by atoms with Crippen LogP contribution in [0.15, 0.2) is 0 Å². The van der Waals surface area contributed by atoms with Gasteiger partial charge in [-0.05, 0) is 32.7 Å². The summed E-state index contributed by atoms with van der Waals surface area (Å²) in [6.45, 7) is 8.47. The number of hydrogen-bond acceptors (Lipinski definition) is 3. The molecule has 1 unspecified atom stereocenters. The Hall–Kier alpha value is -0.590. The zero-order chi connectivity index (χ0) is 10.9. The van der Waals surface area contributed by atoms with Crippen molar-refractivity contribution in [2.24, 2.45) is 0 Å². The van der Waals surface area contributed by atoms with E-state index in [0.29, 0.717) is 0 Å². The molecule has 0 aliphatic carbocycles. The van der Waals surface area contributed by atoms with E-state index in [4.69, 9.17) is 10.00 Å². The van der Waals surface area contributed by atoms with Crippen molar-refractivity contribution in [2.75, 3.05) is 19.8 Å². The number of rotatable bonds is 8. The maximum Gasteiger partial charge on any atom is 0.104 e. The Morgan fingerprint density at radius 1 is 1.36 bits per heavy atom. The van der Waals surface area contributed by atoms with Crippen molar-refractivity contribution in [2.45, 2.75) is 45.6 Å². The molecule has 0 radical (unpaired) electrons. The minimum atomic E-state index is -0.385. The normalized spacial score (nSPS) is 14.7. The van der Waals surface area contributed by atoms with Gasteiger partial charge in [-0.15, -0.1) is 0 Å². The van der Waals surface area contributed by atoms with Gasteiger partial charge in [-0.2, -0.15) is 5.26 Å². The van der Waals surface area contributed by atoms with Gasteiger partial charge < -0.3 is 4.74 Å². The standard InChI is InChI=1S/C11H22N2O/c1-4-8-14-9-6-7-11(3,10-12)13-5-2/h13H,4-9H2,1-3H3. The first-order valence-corrected chi connectivity index (χ1v) is 5.42. The Kier molecular flexibility index (Phi) is 7.45. The predicted molar refractivity (Wildman–Crippen MR) is 58.0 cm³/mol. The summed E-state index contributed by atoms with van der Waals surface area (Å²) in [6, 6.07) is 2.30. The SMILES string of the molecule is CCCOCCCC(C)(C#N)NCC. The van der Waals surface area contributed by atoms with E-state index in [2.05, 4.69) is 18.3 Å². The molecule has 0 spiro atoms. The lowest BCUT2D eigenvalue weighted by atomic mass is 9.98. The molecule has 0 rings (SSSR count). The molecule has 0 aliphatic rings. The molecule has 0 bridgehead atoms. The Morgan fingerprint density at radius 2 is 2.07 bits per heavy atom. The van der Waals surface area contributed by atoms with E-state index >= 15 is 0 Å². The van der Waals surface area contributed by atoms with Crippen LogP contribution in [-0.4, -0.2) is 25.3 Å². The van der Waals surface area contributed by atoms with Gasteiger partial charge >= 0.3 is 0 Å². The van der Waals surface area contributed by atoms with Crippen LogP contribution in [0.3, 0.4) is 0 Å². The smallest absolute Gasteiger partial charge is 0.104 e. The molecule has 3 heteroatoms. The van der Waals surface area contributed by atoms with Crippen molar-refractivity contribution in [1.82, 2.24) is 5.32 Å². The highest BCUT2D eigenvalue weighted by atomic mass is 16.5. The molecule has 0 aromatic carbocycles. The van der Waals surface area contributed by atoms with E-state index in [1.165, 1.54) is 0 Å². The quantitative estimate of drug-likeness (QED) is 0.607. The number of nitrogens with zero attached hydrogens (tertiary/aromatic N) is 1. The van der Waals surface area contributed by atoms with Gasteiger partial charge in [0.1, 0.15) is 5.54 Å². The van der Waals surface area contributed by atoms with E-state index in [0.717, 1.165) is 39.0 Å². The van der Waals surface area contributed by atoms with Crippen LogP contribution in [0, 0.1) is 11.3 Å². The van der Waals surface area contributed by atoms with Crippen LogP contribution in [0.25, 0.3) is 0 Å². The molecule has 0 amide bonds. The molecule has 0 fully saturated rings. The van der Waals surface area contributed by atoms with Crippen LogP contribution in [0.4, 0.5) is 0 Å². The summed E-state index contributed by atoms with van der Waals surface area (Å²) in [4.78, 5) is 0. The van der Waals surface area contributed by atoms with E-state index in [1.807, 2.05) is 13.8 Å². The maximum absolute atomic E-state index is 8.97. The third-order valence-corrected chi connectivity index (χ3v) is 2.13. The molecule has 0 aromatic heterocycles. The molecule has 0 heterocycles. The van der Waals surface area contributed by atoms with E-state index in [1.54, 1.807) is 0 Å². The van der Waals surface area contributed by atoms with Crippen molar-refractivity contribution >= 4 is 0 Å². The minimum Gasteiger partial charge on any atom is -0.381 e. The lowest BCUT2D eigenvalue weighted by Crippen LogP contribution is -2.40. The number of nitriles is 1. The third-order valence-electron chi connectivity index (χ3n) is 2.13. The molecule has 0 saturated heterocycles. The lowest BCUT2D eigenvalue weighted by Gasteiger charge is -2.22. The predicted octanol–water partition coefficient (Wildman–Crippen LogP) is 2.08. The van der Waals surface area contributed by atoms with E-state index in [-0.39, 0.29) is 5.54 Å². The van der Waals surface area contributed by atoms with Crippen molar-refractivity contribution in [3.05, 3.63) is 0 Å². The fourth-order valence-corrected chi connectivity index (χ4v) is 1.35. The monoisotopic (exact) mass is 198 g/mol. The molecule has 1 atom stereocenters. The van der Waals surface area contributed by atoms with Gasteiger partial charge in [-0.3, -0.25) is 5.32 Å². The molecule has 0 aromatic rings. The first-order valence-electron chi connectivity index (χ1n) is 5.42. The molecule has 3 nitrogen and oxygen atoms in total. The number of hydrogen-bond donors (Lipinski definition) is 1. The first-order chi connectivity index (χ1) is 6.68. The summed E-state index contributed by atoms with van der Waals surface area (Å²) >= 11 is 0. The topological polar surface area (TPSA) is 45.0 Å². The Labute approximate surface area is 87.4 Å². The average Bonchev–Trinajstić information content (AvgIpc) is 2.18. The van der Waals surface area contributed by atoms with Crippen molar-refractivity contribution < 1.29 is 4.74 Å².